The first kappa shape index (κ1) is 19.0. The van der Waals surface area contributed by atoms with Crippen molar-refractivity contribution < 1.29 is 9.59 Å². The Bertz CT molecular complexity index is 864. The molecule has 1 aliphatic carbocycles. The van der Waals surface area contributed by atoms with Gasteiger partial charge in [-0.05, 0) is 49.6 Å². The van der Waals surface area contributed by atoms with Crippen LogP contribution in [-0.2, 0) is 10.2 Å². The molecule has 0 atom stereocenters. The number of piperazine rings is 1. The number of aryl methyl sites for hydroxylation is 1. The lowest BCUT2D eigenvalue weighted by Crippen LogP contribution is -2.57. The van der Waals surface area contributed by atoms with Gasteiger partial charge in [0.05, 0.1) is 5.41 Å². The van der Waals surface area contributed by atoms with Crippen molar-refractivity contribution in [1.82, 2.24) is 9.80 Å². The molecule has 28 heavy (non-hydrogen) atoms. The summed E-state index contributed by atoms with van der Waals surface area (Å²) in [6.45, 7) is 4.34. The van der Waals surface area contributed by atoms with E-state index < -0.39 is 5.41 Å². The van der Waals surface area contributed by atoms with Crippen molar-refractivity contribution in [3.63, 3.8) is 0 Å². The summed E-state index contributed by atoms with van der Waals surface area (Å²) in [4.78, 5) is 29.9. The molecule has 146 valence electrons. The molecule has 2 fully saturated rings. The minimum absolute atomic E-state index is 0.0446. The molecular weight excluding hydrogens is 372 g/mol. The van der Waals surface area contributed by atoms with Crippen molar-refractivity contribution >= 4 is 23.4 Å². The molecule has 4 nitrogen and oxygen atoms in total. The van der Waals surface area contributed by atoms with Crippen LogP contribution in [0.2, 0.25) is 5.02 Å². The maximum absolute atomic E-state index is 13.4. The van der Waals surface area contributed by atoms with Gasteiger partial charge in [-0.1, -0.05) is 47.9 Å². The maximum Gasteiger partial charge on any atom is 0.253 e. The number of benzene rings is 2. The van der Waals surface area contributed by atoms with Crippen LogP contribution in [0, 0.1) is 6.92 Å². The fourth-order valence-corrected chi connectivity index (χ4v) is 4.35. The molecule has 4 rings (SSSR count). The normalized spacial score (nSPS) is 18.5. The van der Waals surface area contributed by atoms with Gasteiger partial charge in [-0.25, -0.2) is 0 Å². The fourth-order valence-electron chi connectivity index (χ4n) is 4.22. The summed E-state index contributed by atoms with van der Waals surface area (Å²) in [7, 11) is 0. The minimum Gasteiger partial charge on any atom is -0.338 e. The third-order valence-electron chi connectivity index (χ3n) is 6.17. The summed E-state index contributed by atoms with van der Waals surface area (Å²) in [5.74, 6) is 0.242. The van der Waals surface area contributed by atoms with Crippen LogP contribution >= 0.6 is 11.6 Å². The van der Waals surface area contributed by atoms with Crippen molar-refractivity contribution in [1.29, 1.82) is 0 Å². The van der Waals surface area contributed by atoms with E-state index in [1.165, 1.54) is 0 Å². The Balaban J connectivity index is 1.43. The van der Waals surface area contributed by atoms with Crippen molar-refractivity contribution in [3.05, 3.63) is 70.2 Å². The van der Waals surface area contributed by atoms with Crippen molar-refractivity contribution in [2.45, 2.75) is 31.6 Å². The number of amides is 2. The molecule has 0 unspecified atom stereocenters. The number of carbonyl (C=O) groups is 2. The van der Waals surface area contributed by atoms with Crippen LogP contribution < -0.4 is 0 Å². The third kappa shape index (κ3) is 3.42. The molecule has 0 bridgehead atoms. The molecule has 1 saturated heterocycles. The monoisotopic (exact) mass is 396 g/mol. The van der Waals surface area contributed by atoms with E-state index in [2.05, 4.69) is 0 Å². The van der Waals surface area contributed by atoms with E-state index in [9.17, 15) is 9.59 Å². The van der Waals surface area contributed by atoms with E-state index >= 15 is 0 Å². The van der Waals surface area contributed by atoms with Gasteiger partial charge in [0, 0.05) is 36.8 Å². The van der Waals surface area contributed by atoms with Crippen molar-refractivity contribution in [2.24, 2.45) is 0 Å². The first-order valence-electron chi connectivity index (χ1n) is 9.91. The molecule has 2 aliphatic rings. The summed E-state index contributed by atoms with van der Waals surface area (Å²) in [6, 6.07) is 15.4. The Hall–Kier alpha value is -2.33. The number of hydrogen-bond acceptors (Lipinski definition) is 2. The molecule has 0 aromatic heterocycles. The zero-order valence-corrected chi connectivity index (χ0v) is 16.9. The highest BCUT2D eigenvalue weighted by Crippen LogP contribution is 2.45. The summed E-state index contributed by atoms with van der Waals surface area (Å²) >= 11 is 6.02. The van der Waals surface area contributed by atoms with E-state index in [1.54, 1.807) is 0 Å². The van der Waals surface area contributed by atoms with Crippen LogP contribution in [0.25, 0.3) is 0 Å². The Morgan fingerprint density at radius 2 is 1.43 bits per heavy atom. The van der Waals surface area contributed by atoms with E-state index in [1.807, 2.05) is 65.3 Å². The van der Waals surface area contributed by atoms with E-state index in [-0.39, 0.29) is 11.8 Å². The average molecular weight is 397 g/mol. The summed E-state index contributed by atoms with van der Waals surface area (Å²) in [5.41, 5.74) is 2.50. The average Bonchev–Trinajstić information content (AvgIpc) is 2.69. The van der Waals surface area contributed by atoms with E-state index in [0.717, 1.165) is 30.4 Å². The topological polar surface area (TPSA) is 40.6 Å². The van der Waals surface area contributed by atoms with Gasteiger partial charge in [-0.2, -0.15) is 0 Å². The van der Waals surface area contributed by atoms with Gasteiger partial charge in [0.25, 0.3) is 5.91 Å². The first-order valence-corrected chi connectivity index (χ1v) is 10.3. The second kappa shape index (κ2) is 7.59. The van der Waals surface area contributed by atoms with E-state index in [0.29, 0.717) is 36.8 Å². The molecule has 0 radical (unpaired) electrons. The first-order chi connectivity index (χ1) is 13.5. The molecule has 1 aliphatic heterocycles. The number of carbonyl (C=O) groups excluding carboxylic acids is 2. The molecule has 5 heteroatoms. The second-order valence-electron chi connectivity index (χ2n) is 7.89. The van der Waals surface area contributed by atoms with Gasteiger partial charge in [0.15, 0.2) is 0 Å². The third-order valence-corrected chi connectivity index (χ3v) is 6.42. The molecule has 1 saturated carbocycles. The Kier molecular flexibility index (Phi) is 5.15. The highest BCUT2D eigenvalue weighted by molar-refractivity contribution is 6.30. The molecular formula is C23H25ClN2O2. The maximum atomic E-state index is 13.4. The molecule has 0 spiro atoms. The second-order valence-corrected chi connectivity index (χ2v) is 8.33. The van der Waals surface area contributed by atoms with Crippen LogP contribution in [0.4, 0.5) is 0 Å². The van der Waals surface area contributed by atoms with Crippen LogP contribution in [0.15, 0.2) is 48.5 Å². The highest BCUT2D eigenvalue weighted by Gasteiger charge is 2.48. The summed E-state index contributed by atoms with van der Waals surface area (Å²) in [6.07, 6.45) is 2.84. The Morgan fingerprint density at radius 1 is 0.857 bits per heavy atom. The van der Waals surface area contributed by atoms with Crippen LogP contribution in [0.3, 0.4) is 0 Å². The molecule has 0 N–H and O–H groups in total. The van der Waals surface area contributed by atoms with Crippen LogP contribution in [0.1, 0.15) is 40.7 Å². The van der Waals surface area contributed by atoms with Crippen LogP contribution in [0.5, 0.6) is 0 Å². The van der Waals surface area contributed by atoms with Gasteiger partial charge in [0.1, 0.15) is 0 Å². The quantitative estimate of drug-likeness (QED) is 0.785. The number of nitrogens with zero attached hydrogens (tertiary/aromatic N) is 2. The zero-order chi connectivity index (χ0) is 19.7. The predicted molar refractivity (Wildman–Crippen MR) is 111 cm³/mol. The lowest BCUT2D eigenvalue weighted by molar-refractivity contribution is -0.142. The van der Waals surface area contributed by atoms with Gasteiger partial charge in [-0.15, -0.1) is 0 Å². The minimum atomic E-state index is -0.409. The number of hydrogen-bond donors (Lipinski definition) is 0. The SMILES string of the molecule is Cc1ccc(C(=O)N2CCN(C(=O)C3(c4ccc(Cl)cc4)CCC3)CC2)cc1. The lowest BCUT2D eigenvalue weighted by atomic mass is 9.63. The zero-order valence-electron chi connectivity index (χ0n) is 16.2. The van der Waals surface area contributed by atoms with Crippen molar-refractivity contribution in [2.75, 3.05) is 26.2 Å². The van der Waals surface area contributed by atoms with Gasteiger partial charge >= 0.3 is 0 Å². The molecule has 2 aromatic carbocycles. The van der Waals surface area contributed by atoms with Gasteiger partial charge in [-0.3, -0.25) is 9.59 Å². The van der Waals surface area contributed by atoms with Gasteiger partial charge in [0.2, 0.25) is 5.91 Å². The fraction of sp³-hybridized carbons (Fsp3) is 0.391. The van der Waals surface area contributed by atoms with Gasteiger partial charge < -0.3 is 9.80 Å². The largest absolute Gasteiger partial charge is 0.338 e. The molecule has 1 heterocycles. The number of rotatable bonds is 3. The summed E-state index contributed by atoms with van der Waals surface area (Å²) < 4.78 is 0. The molecule has 2 amide bonds. The lowest BCUT2D eigenvalue weighted by Gasteiger charge is -2.46. The number of halogens is 1. The Labute approximate surface area is 171 Å². The smallest absolute Gasteiger partial charge is 0.253 e. The van der Waals surface area contributed by atoms with E-state index in [4.69, 9.17) is 11.6 Å². The highest BCUT2D eigenvalue weighted by atomic mass is 35.5. The Morgan fingerprint density at radius 3 is 1.96 bits per heavy atom. The molecule has 2 aromatic rings. The predicted octanol–water partition coefficient (Wildman–Crippen LogP) is 4.05. The standard InChI is InChI=1S/C23H25ClN2O2/c1-17-3-5-18(6-4-17)21(27)25-13-15-26(16-14-25)22(28)23(11-2-12-23)19-7-9-20(24)10-8-19/h3-10H,2,11-16H2,1H3. The summed E-state index contributed by atoms with van der Waals surface area (Å²) in [5, 5.41) is 0.689. The van der Waals surface area contributed by atoms with Crippen LogP contribution in [-0.4, -0.2) is 47.8 Å². The van der Waals surface area contributed by atoms with Crippen molar-refractivity contribution in [3.8, 4) is 0 Å².